The zero-order chi connectivity index (χ0) is 16.1. The number of hydrogen-bond acceptors (Lipinski definition) is 5. The van der Waals surface area contributed by atoms with E-state index in [1.165, 1.54) is 13.0 Å². The molecule has 2 aromatic rings. The molecule has 0 aliphatic carbocycles. The van der Waals surface area contributed by atoms with E-state index in [0.717, 1.165) is 0 Å². The first-order valence-corrected chi connectivity index (χ1v) is 7.30. The Balaban J connectivity index is 2.30. The minimum absolute atomic E-state index is 0.331. The first kappa shape index (κ1) is 14.9. The van der Waals surface area contributed by atoms with Crippen molar-refractivity contribution in [1.82, 2.24) is 0 Å². The first-order chi connectivity index (χ1) is 10.3. The minimum Gasteiger partial charge on any atom is -0.486 e. The summed E-state index contributed by atoms with van der Waals surface area (Å²) >= 11 is 6.46. The van der Waals surface area contributed by atoms with Gasteiger partial charge < -0.3 is 13.9 Å². The molecule has 22 heavy (non-hydrogen) atoms. The second kappa shape index (κ2) is 5.02. The van der Waals surface area contributed by atoms with Gasteiger partial charge in [-0.3, -0.25) is 4.79 Å². The maximum absolute atomic E-state index is 11.6. The fraction of sp³-hybridized carbons (Fsp3) is 0.375. The molecule has 0 unspecified atom stereocenters. The van der Waals surface area contributed by atoms with Crippen molar-refractivity contribution in [2.75, 3.05) is 0 Å². The molecule has 0 spiro atoms. The number of carbonyl (C=O) groups excluding carboxylic acids is 1. The summed E-state index contributed by atoms with van der Waals surface area (Å²) in [6, 6.07) is 6.53. The molecule has 2 atom stereocenters. The molecular weight excluding hydrogens is 308 g/mol. The average molecular weight is 323 g/mol. The smallest absolute Gasteiger partial charge is 0.336 e. The van der Waals surface area contributed by atoms with Gasteiger partial charge in [-0.25, -0.2) is 4.79 Å². The molecule has 0 fully saturated rings. The first-order valence-electron chi connectivity index (χ1n) is 6.86. The molecule has 2 heterocycles. The van der Waals surface area contributed by atoms with Crippen LogP contribution in [0.5, 0.6) is 5.75 Å². The third-order valence-corrected chi connectivity index (χ3v) is 4.42. The standard InChI is InChI=1S/C16H15ClO5/c1-8(18)20-14-12-10(22-16(2,3)15(14)17)6-4-9-5-7-11(19)21-13(9)12/h4-7,14-15H,1-3H3/t14-,15+/m1/s1. The Morgan fingerprint density at radius 3 is 2.64 bits per heavy atom. The number of fused-ring (bicyclic) bond motifs is 3. The summed E-state index contributed by atoms with van der Waals surface area (Å²) in [4.78, 5) is 23.0. The normalized spacial score (nSPS) is 22.7. The van der Waals surface area contributed by atoms with Crippen molar-refractivity contribution >= 4 is 28.5 Å². The van der Waals surface area contributed by atoms with Crippen LogP contribution >= 0.6 is 11.6 Å². The molecule has 0 radical (unpaired) electrons. The Morgan fingerprint density at radius 2 is 1.95 bits per heavy atom. The van der Waals surface area contributed by atoms with Crippen LogP contribution in [0, 0.1) is 0 Å². The van der Waals surface area contributed by atoms with Crippen molar-refractivity contribution in [1.29, 1.82) is 0 Å². The summed E-state index contributed by atoms with van der Waals surface area (Å²) in [5.41, 5.74) is -0.405. The number of benzene rings is 1. The van der Waals surface area contributed by atoms with Crippen molar-refractivity contribution in [3.8, 4) is 5.75 Å². The molecule has 6 heteroatoms. The number of alkyl halides is 1. The van der Waals surface area contributed by atoms with Gasteiger partial charge in [0.2, 0.25) is 0 Å². The van der Waals surface area contributed by atoms with Crippen LogP contribution in [0.25, 0.3) is 11.0 Å². The van der Waals surface area contributed by atoms with E-state index in [2.05, 4.69) is 0 Å². The van der Waals surface area contributed by atoms with Gasteiger partial charge >= 0.3 is 11.6 Å². The maximum Gasteiger partial charge on any atom is 0.336 e. The van der Waals surface area contributed by atoms with Gasteiger partial charge in [-0.2, -0.15) is 0 Å². The van der Waals surface area contributed by atoms with Gasteiger partial charge in [-0.05, 0) is 32.0 Å². The summed E-state index contributed by atoms with van der Waals surface area (Å²) in [5, 5.41) is 0.0858. The van der Waals surface area contributed by atoms with Crippen molar-refractivity contribution in [2.24, 2.45) is 0 Å². The lowest BCUT2D eigenvalue weighted by molar-refractivity contribution is -0.149. The Labute approximate surface area is 131 Å². The number of ether oxygens (including phenoxy) is 2. The highest BCUT2D eigenvalue weighted by Gasteiger charge is 2.46. The van der Waals surface area contributed by atoms with E-state index in [9.17, 15) is 9.59 Å². The van der Waals surface area contributed by atoms with Crippen molar-refractivity contribution in [3.63, 3.8) is 0 Å². The molecule has 0 saturated carbocycles. The van der Waals surface area contributed by atoms with Crippen LogP contribution in [0.4, 0.5) is 0 Å². The Morgan fingerprint density at radius 1 is 1.27 bits per heavy atom. The lowest BCUT2D eigenvalue weighted by Crippen LogP contribution is -2.46. The van der Waals surface area contributed by atoms with E-state index in [1.807, 2.05) is 13.8 Å². The summed E-state index contributed by atoms with van der Waals surface area (Å²) in [5.74, 6) is 0.0320. The molecule has 1 aromatic carbocycles. The van der Waals surface area contributed by atoms with Crippen LogP contribution in [-0.4, -0.2) is 16.9 Å². The fourth-order valence-electron chi connectivity index (χ4n) is 2.64. The molecule has 0 saturated heterocycles. The number of rotatable bonds is 1. The quantitative estimate of drug-likeness (QED) is 0.458. The van der Waals surface area contributed by atoms with E-state index in [-0.39, 0.29) is 0 Å². The van der Waals surface area contributed by atoms with E-state index in [1.54, 1.807) is 18.2 Å². The Kier molecular flexibility index (Phi) is 3.40. The SMILES string of the molecule is CC(=O)O[C@@H]1c2c(ccc3ccc(=O)oc23)OC(C)(C)[C@H]1Cl. The van der Waals surface area contributed by atoms with Crippen LogP contribution in [0.2, 0.25) is 0 Å². The highest BCUT2D eigenvalue weighted by Crippen LogP contribution is 2.47. The second-order valence-electron chi connectivity index (χ2n) is 5.79. The van der Waals surface area contributed by atoms with Gasteiger partial charge in [0.25, 0.3) is 0 Å². The summed E-state index contributed by atoms with van der Waals surface area (Å²) in [7, 11) is 0. The third kappa shape index (κ3) is 2.35. The van der Waals surface area contributed by atoms with Gasteiger partial charge in [-0.15, -0.1) is 11.6 Å². The van der Waals surface area contributed by atoms with Crippen molar-refractivity contribution in [3.05, 3.63) is 40.2 Å². The van der Waals surface area contributed by atoms with Gasteiger partial charge in [0.1, 0.15) is 22.3 Å². The number of carbonyl (C=O) groups is 1. The minimum atomic E-state index is -0.757. The van der Waals surface area contributed by atoms with Gasteiger partial charge in [0.05, 0.1) is 5.56 Å². The van der Waals surface area contributed by atoms with Crippen LogP contribution in [0.1, 0.15) is 32.4 Å². The zero-order valence-electron chi connectivity index (χ0n) is 12.4. The Bertz CT molecular complexity index is 808. The average Bonchev–Trinajstić information content (AvgIpc) is 2.42. The maximum atomic E-state index is 11.6. The molecular formula is C16H15ClO5. The van der Waals surface area contributed by atoms with E-state index < -0.39 is 28.7 Å². The van der Waals surface area contributed by atoms with Crippen LogP contribution in [0.15, 0.2) is 33.5 Å². The topological polar surface area (TPSA) is 65.7 Å². The van der Waals surface area contributed by atoms with Crippen LogP contribution in [-0.2, 0) is 9.53 Å². The molecule has 1 aromatic heterocycles. The molecule has 0 amide bonds. The van der Waals surface area contributed by atoms with E-state index >= 15 is 0 Å². The number of esters is 1. The van der Waals surface area contributed by atoms with Crippen molar-refractivity contribution < 1.29 is 18.7 Å². The molecule has 0 N–H and O–H groups in total. The van der Waals surface area contributed by atoms with Crippen LogP contribution < -0.4 is 10.4 Å². The molecule has 0 bridgehead atoms. The van der Waals surface area contributed by atoms with Gasteiger partial charge in [-0.1, -0.05) is 0 Å². The Hall–Kier alpha value is -2.01. The predicted octanol–water partition coefficient (Wildman–Crippen LogP) is 3.18. The molecule has 5 nitrogen and oxygen atoms in total. The fourth-order valence-corrected chi connectivity index (χ4v) is 2.86. The largest absolute Gasteiger partial charge is 0.486 e. The highest BCUT2D eigenvalue weighted by molar-refractivity contribution is 6.22. The summed E-state index contributed by atoms with van der Waals surface area (Å²) in [6.07, 6.45) is -0.757. The zero-order valence-corrected chi connectivity index (χ0v) is 13.1. The lowest BCUT2D eigenvalue weighted by atomic mass is 9.90. The third-order valence-electron chi connectivity index (χ3n) is 3.67. The molecule has 116 valence electrons. The van der Waals surface area contributed by atoms with Gasteiger partial charge in [0.15, 0.2) is 6.10 Å². The lowest BCUT2D eigenvalue weighted by Gasteiger charge is -2.41. The predicted molar refractivity (Wildman–Crippen MR) is 81.3 cm³/mol. The molecule has 1 aliphatic heterocycles. The monoisotopic (exact) mass is 322 g/mol. The summed E-state index contributed by atoms with van der Waals surface area (Å²) in [6.45, 7) is 4.94. The summed E-state index contributed by atoms with van der Waals surface area (Å²) < 4.78 is 16.6. The second-order valence-corrected chi connectivity index (χ2v) is 6.26. The van der Waals surface area contributed by atoms with E-state index in [0.29, 0.717) is 22.3 Å². The molecule has 1 aliphatic rings. The molecule has 3 rings (SSSR count). The van der Waals surface area contributed by atoms with Gasteiger partial charge in [0, 0.05) is 18.4 Å². The number of hydrogen-bond donors (Lipinski definition) is 0. The van der Waals surface area contributed by atoms with E-state index in [4.69, 9.17) is 25.5 Å². The van der Waals surface area contributed by atoms with Crippen LogP contribution in [0.3, 0.4) is 0 Å². The van der Waals surface area contributed by atoms with Crippen molar-refractivity contribution in [2.45, 2.75) is 37.9 Å². The number of halogens is 1. The highest BCUT2D eigenvalue weighted by atomic mass is 35.5.